The largest absolute Gasteiger partial charge is 0.497 e. The molecule has 96 valence electrons. The second-order valence-corrected chi connectivity index (χ2v) is 5.49. The summed E-state index contributed by atoms with van der Waals surface area (Å²) in [5, 5.41) is 3.18. The number of hydrogen-bond donors (Lipinski definition) is 1. The van der Waals surface area contributed by atoms with Crippen LogP contribution in [0.4, 0.5) is 0 Å². The lowest BCUT2D eigenvalue weighted by Gasteiger charge is -2.22. The maximum atomic E-state index is 12.2. The van der Waals surface area contributed by atoms with Crippen LogP contribution in [0.15, 0.2) is 24.3 Å². The highest BCUT2D eigenvalue weighted by molar-refractivity contribution is 5.94. The standard InChI is InChI=1S/C15H19NO2/c1-18-13-4-2-3-12(9-13)15(17)16-14-8-10-5-6-11(14)7-10/h2-4,9-11,14H,5-8H2,1H3,(H,16,17)/t10-,11-,14-/m0/s1. The zero-order valence-corrected chi connectivity index (χ0v) is 10.7. The Kier molecular flexibility index (Phi) is 2.98. The molecule has 1 aromatic rings. The molecule has 0 saturated heterocycles. The molecule has 1 amide bonds. The van der Waals surface area contributed by atoms with Gasteiger partial charge >= 0.3 is 0 Å². The first kappa shape index (κ1) is 11.6. The summed E-state index contributed by atoms with van der Waals surface area (Å²) in [5.41, 5.74) is 0.692. The van der Waals surface area contributed by atoms with Gasteiger partial charge in [0.15, 0.2) is 0 Å². The number of benzene rings is 1. The predicted octanol–water partition coefficient (Wildman–Crippen LogP) is 2.61. The number of carbonyl (C=O) groups excluding carboxylic acids is 1. The molecule has 2 aliphatic rings. The number of methoxy groups -OCH3 is 1. The Morgan fingerprint density at radius 2 is 2.22 bits per heavy atom. The van der Waals surface area contributed by atoms with Crippen molar-refractivity contribution in [2.75, 3.05) is 7.11 Å². The van der Waals surface area contributed by atoms with Crippen LogP contribution in [0.1, 0.15) is 36.0 Å². The van der Waals surface area contributed by atoms with E-state index >= 15 is 0 Å². The number of carbonyl (C=O) groups is 1. The summed E-state index contributed by atoms with van der Waals surface area (Å²) in [6, 6.07) is 7.73. The van der Waals surface area contributed by atoms with Gasteiger partial charge in [-0.2, -0.15) is 0 Å². The first-order valence-corrected chi connectivity index (χ1v) is 6.71. The molecule has 0 aliphatic heterocycles. The highest BCUT2D eigenvalue weighted by atomic mass is 16.5. The van der Waals surface area contributed by atoms with Crippen LogP contribution in [0, 0.1) is 11.8 Å². The molecule has 18 heavy (non-hydrogen) atoms. The number of fused-ring (bicyclic) bond motifs is 2. The maximum absolute atomic E-state index is 12.2. The van der Waals surface area contributed by atoms with Gasteiger partial charge in [0.2, 0.25) is 0 Å². The van der Waals surface area contributed by atoms with Crippen LogP contribution < -0.4 is 10.1 Å². The van der Waals surface area contributed by atoms with E-state index in [-0.39, 0.29) is 5.91 Å². The maximum Gasteiger partial charge on any atom is 0.251 e. The minimum Gasteiger partial charge on any atom is -0.497 e. The quantitative estimate of drug-likeness (QED) is 0.889. The van der Waals surface area contributed by atoms with Crippen LogP contribution >= 0.6 is 0 Å². The van der Waals surface area contributed by atoms with Crippen molar-refractivity contribution in [3.05, 3.63) is 29.8 Å². The van der Waals surface area contributed by atoms with Gasteiger partial charge in [0.05, 0.1) is 7.11 Å². The first-order chi connectivity index (χ1) is 8.76. The van der Waals surface area contributed by atoms with Gasteiger partial charge in [-0.05, 0) is 49.3 Å². The molecule has 2 fully saturated rings. The van der Waals surface area contributed by atoms with Gasteiger partial charge in [0, 0.05) is 11.6 Å². The molecule has 2 bridgehead atoms. The molecule has 3 rings (SSSR count). The second kappa shape index (κ2) is 4.63. The van der Waals surface area contributed by atoms with Crippen molar-refractivity contribution in [2.24, 2.45) is 11.8 Å². The van der Waals surface area contributed by atoms with Gasteiger partial charge in [-0.25, -0.2) is 0 Å². The van der Waals surface area contributed by atoms with Crippen molar-refractivity contribution in [3.8, 4) is 5.75 Å². The van der Waals surface area contributed by atoms with E-state index in [4.69, 9.17) is 4.74 Å². The summed E-state index contributed by atoms with van der Waals surface area (Å²) in [7, 11) is 1.62. The fraction of sp³-hybridized carbons (Fsp3) is 0.533. The number of rotatable bonds is 3. The molecular weight excluding hydrogens is 226 g/mol. The molecule has 0 unspecified atom stereocenters. The van der Waals surface area contributed by atoms with Crippen LogP contribution in [0.25, 0.3) is 0 Å². The fourth-order valence-electron chi connectivity index (χ4n) is 3.44. The summed E-state index contributed by atoms with van der Waals surface area (Å²) < 4.78 is 5.14. The highest BCUT2D eigenvalue weighted by Gasteiger charge is 2.40. The summed E-state index contributed by atoms with van der Waals surface area (Å²) in [4.78, 5) is 12.2. The number of amides is 1. The Balaban J connectivity index is 1.67. The van der Waals surface area contributed by atoms with Crippen molar-refractivity contribution >= 4 is 5.91 Å². The lowest BCUT2D eigenvalue weighted by molar-refractivity contribution is 0.0922. The Hall–Kier alpha value is -1.51. The monoisotopic (exact) mass is 245 g/mol. The van der Waals surface area contributed by atoms with Crippen LogP contribution in [0.3, 0.4) is 0 Å². The van der Waals surface area contributed by atoms with Gasteiger partial charge in [0.25, 0.3) is 5.91 Å². The minimum absolute atomic E-state index is 0.0338. The van der Waals surface area contributed by atoms with Crippen molar-refractivity contribution in [1.82, 2.24) is 5.32 Å². The van der Waals surface area contributed by atoms with Crippen LogP contribution in [-0.4, -0.2) is 19.1 Å². The third kappa shape index (κ3) is 2.09. The molecule has 3 atom stereocenters. The second-order valence-electron chi connectivity index (χ2n) is 5.49. The first-order valence-electron chi connectivity index (χ1n) is 6.71. The third-order valence-electron chi connectivity index (χ3n) is 4.39. The average Bonchev–Trinajstić information content (AvgIpc) is 3.01. The Morgan fingerprint density at radius 3 is 2.89 bits per heavy atom. The molecule has 1 aromatic carbocycles. The summed E-state index contributed by atoms with van der Waals surface area (Å²) >= 11 is 0. The smallest absolute Gasteiger partial charge is 0.251 e. The summed E-state index contributed by atoms with van der Waals surface area (Å²) in [6.07, 6.45) is 5.12. The average molecular weight is 245 g/mol. The minimum atomic E-state index is 0.0338. The van der Waals surface area contributed by atoms with E-state index in [0.717, 1.165) is 11.7 Å². The Bertz CT molecular complexity index is 458. The molecule has 3 heteroatoms. The number of ether oxygens (including phenoxy) is 1. The zero-order valence-electron chi connectivity index (χ0n) is 10.7. The molecule has 1 N–H and O–H groups in total. The van der Waals surface area contributed by atoms with Gasteiger partial charge < -0.3 is 10.1 Å². The molecule has 0 spiro atoms. The van der Waals surface area contributed by atoms with Gasteiger partial charge in [-0.1, -0.05) is 12.5 Å². The van der Waals surface area contributed by atoms with Gasteiger partial charge in [0.1, 0.15) is 5.75 Å². The topological polar surface area (TPSA) is 38.3 Å². The summed E-state index contributed by atoms with van der Waals surface area (Å²) in [6.45, 7) is 0. The lowest BCUT2D eigenvalue weighted by atomic mass is 9.95. The lowest BCUT2D eigenvalue weighted by Crippen LogP contribution is -2.38. The van der Waals surface area contributed by atoms with Crippen LogP contribution in [-0.2, 0) is 0 Å². The van der Waals surface area contributed by atoms with Gasteiger partial charge in [-0.3, -0.25) is 4.79 Å². The number of hydrogen-bond acceptors (Lipinski definition) is 2. The summed E-state index contributed by atoms with van der Waals surface area (Å²) in [5.74, 6) is 2.33. The normalized spacial score (nSPS) is 29.3. The van der Waals surface area contributed by atoms with E-state index in [1.807, 2.05) is 18.2 Å². The SMILES string of the molecule is COc1cccc(C(=O)N[C@H]2C[C@H]3CC[C@H]2C3)c1. The van der Waals surface area contributed by atoms with Crippen molar-refractivity contribution < 1.29 is 9.53 Å². The van der Waals surface area contributed by atoms with E-state index in [9.17, 15) is 4.79 Å². The van der Waals surface area contributed by atoms with E-state index in [1.165, 1.54) is 25.7 Å². The number of nitrogens with one attached hydrogen (secondary N) is 1. The van der Waals surface area contributed by atoms with Crippen LogP contribution in [0.2, 0.25) is 0 Å². The van der Waals surface area contributed by atoms with Gasteiger partial charge in [-0.15, -0.1) is 0 Å². The Morgan fingerprint density at radius 1 is 1.33 bits per heavy atom. The van der Waals surface area contributed by atoms with Crippen LogP contribution in [0.5, 0.6) is 5.75 Å². The molecule has 2 saturated carbocycles. The van der Waals surface area contributed by atoms with E-state index < -0.39 is 0 Å². The van der Waals surface area contributed by atoms with E-state index in [2.05, 4.69) is 5.32 Å². The molecule has 2 aliphatic carbocycles. The van der Waals surface area contributed by atoms with Crippen molar-refractivity contribution in [1.29, 1.82) is 0 Å². The Labute approximate surface area is 108 Å². The molecular formula is C15H19NO2. The molecule has 0 heterocycles. The predicted molar refractivity (Wildman–Crippen MR) is 69.7 cm³/mol. The fourth-order valence-corrected chi connectivity index (χ4v) is 3.44. The highest BCUT2D eigenvalue weighted by Crippen LogP contribution is 2.44. The molecule has 0 aromatic heterocycles. The molecule has 3 nitrogen and oxygen atoms in total. The third-order valence-corrected chi connectivity index (χ3v) is 4.39. The molecule has 0 radical (unpaired) electrons. The van der Waals surface area contributed by atoms with E-state index in [0.29, 0.717) is 17.5 Å². The van der Waals surface area contributed by atoms with Crippen molar-refractivity contribution in [2.45, 2.75) is 31.7 Å². The van der Waals surface area contributed by atoms with E-state index in [1.54, 1.807) is 13.2 Å². The van der Waals surface area contributed by atoms with Crippen molar-refractivity contribution in [3.63, 3.8) is 0 Å². The zero-order chi connectivity index (χ0) is 12.5.